The molecule has 0 saturated carbocycles. The van der Waals surface area contributed by atoms with Gasteiger partial charge in [0.2, 0.25) is 0 Å². The molecule has 0 radical (unpaired) electrons. The average molecular weight is 226 g/mol. The lowest BCUT2D eigenvalue weighted by Crippen LogP contribution is -2.34. The fourth-order valence-electron chi connectivity index (χ4n) is 1.60. The molecule has 0 bridgehead atoms. The molecule has 80 valence electrons. The van der Waals surface area contributed by atoms with Crippen LogP contribution in [0.1, 0.15) is 28.4 Å². The highest BCUT2D eigenvalue weighted by Gasteiger charge is 2.20. The van der Waals surface area contributed by atoms with Crippen molar-refractivity contribution in [1.29, 1.82) is 0 Å². The Morgan fingerprint density at radius 3 is 2.80 bits per heavy atom. The lowest BCUT2D eigenvalue weighted by Gasteiger charge is -2.28. The maximum absolute atomic E-state index is 11.3. The topological polar surface area (TPSA) is 38.3 Å². The number of methoxy groups -OCH3 is 1. The molecule has 1 saturated heterocycles. The van der Waals surface area contributed by atoms with Crippen LogP contribution in [0.25, 0.3) is 0 Å². The molecular weight excluding hydrogens is 214 g/mol. The van der Waals surface area contributed by atoms with Crippen molar-refractivity contribution in [3.05, 3.63) is 34.3 Å². The Kier molecular flexibility index (Phi) is 2.93. The summed E-state index contributed by atoms with van der Waals surface area (Å²) in [6.45, 7) is 1.04. The van der Waals surface area contributed by atoms with E-state index in [0.29, 0.717) is 16.6 Å². The summed E-state index contributed by atoms with van der Waals surface area (Å²) in [6, 6.07) is 5.83. The van der Waals surface area contributed by atoms with Crippen molar-refractivity contribution in [2.75, 3.05) is 13.7 Å². The zero-order chi connectivity index (χ0) is 10.8. The minimum Gasteiger partial charge on any atom is -0.465 e. The number of carbonyl (C=O) groups is 1. The molecule has 1 aliphatic heterocycles. The first-order chi connectivity index (χ1) is 7.22. The highest BCUT2D eigenvalue weighted by Crippen LogP contribution is 2.27. The number of hydrogen-bond acceptors (Lipinski definition) is 3. The number of nitrogens with one attached hydrogen (secondary N) is 1. The molecule has 1 N–H and O–H groups in total. The summed E-state index contributed by atoms with van der Waals surface area (Å²) in [7, 11) is 1.35. The van der Waals surface area contributed by atoms with Gasteiger partial charge in [-0.25, -0.2) is 4.79 Å². The number of carbonyl (C=O) groups excluding carboxylic acids is 1. The summed E-state index contributed by atoms with van der Waals surface area (Å²) in [5, 5.41) is 3.73. The Bertz CT molecular complexity index is 388. The molecule has 0 spiro atoms. The quantitative estimate of drug-likeness (QED) is 0.784. The zero-order valence-electron chi connectivity index (χ0n) is 8.42. The standard InChI is InChI=1S/C11H12ClNO2/c1-15-11(14)8-3-2-7(6-9(8)12)10-4-5-13-10/h2-3,6,10,13H,4-5H2,1H3. The van der Waals surface area contributed by atoms with Crippen LogP contribution in [-0.4, -0.2) is 19.6 Å². The van der Waals surface area contributed by atoms with Gasteiger partial charge in [-0.1, -0.05) is 17.7 Å². The highest BCUT2D eigenvalue weighted by molar-refractivity contribution is 6.33. The van der Waals surface area contributed by atoms with Crippen molar-refractivity contribution < 1.29 is 9.53 Å². The second-order valence-electron chi connectivity index (χ2n) is 3.53. The van der Waals surface area contributed by atoms with E-state index in [1.165, 1.54) is 7.11 Å². The molecule has 1 aliphatic rings. The predicted molar refractivity (Wildman–Crippen MR) is 58.2 cm³/mol. The smallest absolute Gasteiger partial charge is 0.339 e. The Hall–Kier alpha value is -1.06. The van der Waals surface area contributed by atoms with Gasteiger partial charge < -0.3 is 10.1 Å². The summed E-state index contributed by atoms with van der Waals surface area (Å²) < 4.78 is 4.62. The molecule has 0 amide bonds. The summed E-state index contributed by atoms with van der Waals surface area (Å²) in [5.41, 5.74) is 1.54. The summed E-state index contributed by atoms with van der Waals surface area (Å²) in [5.74, 6) is -0.395. The van der Waals surface area contributed by atoms with Crippen LogP contribution in [0.2, 0.25) is 5.02 Å². The normalized spacial score (nSPS) is 19.5. The Labute approximate surface area is 93.4 Å². The Balaban J connectivity index is 2.25. The number of ether oxygens (including phenoxy) is 1. The van der Waals surface area contributed by atoms with E-state index in [0.717, 1.165) is 18.5 Å². The fourth-order valence-corrected chi connectivity index (χ4v) is 1.86. The molecule has 3 nitrogen and oxygen atoms in total. The summed E-state index contributed by atoms with van der Waals surface area (Å²) in [4.78, 5) is 11.3. The van der Waals surface area contributed by atoms with E-state index in [-0.39, 0.29) is 0 Å². The fraction of sp³-hybridized carbons (Fsp3) is 0.364. The van der Waals surface area contributed by atoms with Gasteiger partial charge in [0.1, 0.15) is 0 Å². The minimum atomic E-state index is -0.395. The average Bonchev–Trinajstić information content (AvgIpc) is 2.14. The van der Waals surface area contributed by atoms with E-state index in [9.17, 15) is 4.79 Å². The molecule has 0 aliphatic carbocycles. The van der Waals surface area contributed by atoms with Gasteiger partial charge in [-0.3, -0.25) is 0 Å². The summed E-state index contributed by atoms with van der Waals surface area (Å²) >= 11 is 6.00. The predicted octanol–water partition coefficient (Wildman–Crippen LogP) is 2.16. The molecule has 1 heterocycles. The van der Waals surface area contributed by atoms with E-state index in [1.807, 2.05) is 12.1 Å². The molecular formula is C11H12ClNO2. The Morgan fingerprint density at radius 1 is 1.60 bits per heavy atom. The van der Waals surface area contributed by atoms with Crippen molar-refractivity contribution >= 4 is 17.6 Å². The van der Waals surface area contributed by atoms with Crippen LogP contribution in [0.3, 0.4) is 0 Å². The van der Waals surface area contributed by atoms with Crippen molar-refractivity contribution in [3.63, 3.8) is 0 Å². The zero-order valence-corrected chi connectivity index (χ0v) is 9.17. The van der Waals surface area contributed by atoms with Gasteiger partial charge in [-0.05, 0) is 30.7 Å². The molecule has 1 fully saturated rings. The van der Waals surface area contributed by atoms with Crippen LogP contribution >= 0.6 is 11.6 Å². The third-order valence-electron chi connectivity index (χ3n) is 2.62. The van der Waals surface area contributed by atoms with Crippen LogP contribution in [0.15, 0.2) is 18.2 Å². The number of rotatable bonds is 2. The van der Waals surface area contributed by atoms with E-state index in [1.54, 1.807) is 6.07 Å². The third-order valence-corrected chi connectivity index (χ3v) is 2.94. The number of benzene rings is 1. The first-order valence-electron chi connectivity index (χ1n) is 4.83. The van der Waals surface area contributed by atoms with E-state index >= 15 is 0 Å². The molecule has 1 aromatic carbocycles. The van der Waals surface area contributed by atoms with Gasteiger partial charge in [0.05, 0.1) is 17.7 Å². The molecule has 1 atom stereocenters. The van der Waals surface area contributed by atoms with Gasteiger partial charge >= 0.3 is 5.97 Å². The van der Waals surface area contributed by atoms with Crippen LogP contribution in [0, 0.1) is 0 Å². The largest absolute Gasteiger partial charge is 0.465 e. The van der Waals surface area contributed by atoms with Crippen molar-refractivity contribution in [2.24, 2.45) is 0 Å². The van der Waals surface area contributed by atoms with Gasteiger partial charge in [-0.15, -0.1) is 0 Å². The lowest BCUT2D eigenvalue weighted by molar-refractivity contribution is 0.0601. The number of halogens is 1. The maximum Gasteiger partial charge on any atom is 0.339 e. The van der Waals surface area contributed by atoms with Crippen molar-refractivity contribution in [3.8, 4) is 0 Å². The summed E-state index contributed by atoms with van der Waals surface area (Å²) in [6.07, 6.45) is 1.12. The molecule has 4 heteroatoms. The highest BCUT2D eigenvalue weighted by atomic mass is 35.5. The minimum absolute atomic E-state index is 0.384. The van der Waals surface area contributed by atoms with Crippen LogP contribution in [-0.2, 0) is 4.74 Å². The van der Waals surface area contributed by atoms with Gasteiger partial charge in [0, 0.05) is 6.04 Å². The van der Waals surface area contributed by atoms with Crippen molar-refractivity contribution in [2.45, 2.75) is 12.5 Å². The van der Waals surface area contributed by atoms with Gasteiger partial charge in [0.15, 0.2) is 0 Å². The second kappa shape index (κ2) is 4.21. The van der Waals surface area contributed by atoms with Crippen molar-refractivity contribution in [1.82, 2.24) is 5.32 Å². The molecule has 2 rings (SSSR count). The second-order valence-corrected chi connectivity index (χ2v) is 3.93. The van der Waals surface area contributed by atoms with Crippen LogP contribution < -0.4 is 5.32 Å². The molecule has 15 heavy (non-hydrogen) atoms. The monoisotopic (exact) mass is 225 g/mol. The van der Waals surface area contributed by atoms with E-state index in [4.69, 9.17) is 11.6 Å². The van der Waals surface area contributed by atoms with Gasteiger partial charge in [0.25, 0.3) is 0 Å². The van der Waals surface area contributed by atoms with Crippen LogP contribution in [0.4, 0.5) is 0 Å². The van der Waals surface area contributed by atoms with Crippen LogP contribution in [0.5, 0.6) is 0 Å². The SMILES string of the molecule is COC(=O)c1ccc(C2CCN2)cc1Cl. The van der Waals surface area contributed by atoms with E-state index < -0.39 is 5.97 Å². The first kappa shape index (κ1) is 10.5. The molecule has 0 aromatic heterocycles. The van der Waals surface area contributed by atoms with E-state index in [2.05, 4.69) is 10.1 Å². The Morgan fingerprint density at radius 2 is 2.33 bits per heavy atom. The molecule has 1 aromatic rings. The number of hydrogen-bond donors (Lipinski definition) is 1. The number of esters is 1. The first-order valence-corrected chi connectivity index (χ1v) is 5.21. The maximum atomic E-state index is 11.3. The van der Waals surface area contributed by atoms with Gasteiger partial charge in [-0.2, -0.15) is 0 Å². The third kappa shape index (κ3) is 1.98. The molecule has 1 unspecified atom stereocenters. The lowest BCUT2D eigenvalue weighted by atomic mass is 9.97.